The molecular weight excluding hydrogens is 452 g/mol. The number of amides is 1. The maximum Gasteiger partial charge on any atom is 0.293 e. The van der Waals surface area contributed by atoms with Gasteiger partial charge in [0.1, 0.15) is 0 Å². The second kappa shape index (κ2) is 9.15. The molecule has 13 heteroatoms. The summed E-state index contributed by atoms with van der Waals surface area (Å²) in [6.45, 7) is 5.98. The number of aromatic nitrogens is 4. The summed E-state index contributed by atoms with van der Waals surface area (Å²) in [5, 5.41) is 18.1. The van der Waals surface area contributed by atoms with E-state index in [0.717, 1.165) is 34.0 Å². The molecule has 0 fully saturated rings. The van der Waals surface area contributed by atoms with Gasteiger partial charge in [0, 0.05) is 11.3 Å². The number of thioether (sulfide) groups is 1. The summed E-state index contributed by atoms with van der Waals surface area (Å²) in [7, 11) is -3.98. The number of anilines is 2. The minimum Gasteiger partial charge on any atom is -0.296 e. The molecule has 0 spiro atoms. The van der Waals surface area contributed by atoms with Gasteiger partial charge in [0.25, 0.3) is 20.3 Å². The zero-order valence-electron chi connectivity index (χ0n) is 15.7. The van der Waals surface area contributed by atoms with Crippen LogP contribution >= 0.6 is 34.4 Å². The Morgan fingerprint density at radius 1 is 1.10 bits per heavy atom. The molecule has 2 N–H and O–H groups in total. The summed E-state index contributed by atoms with van der Waals surface area (Å²) < 4.78 is 27.8. The zero-order chi connectivity index (χ0) is 21.0. The monoisotopic (exact) mass is 470 g/mol. The van der Waals surface area contributed by atoms with Crippen LogP contribution in [0.1, 0.15) is 29.8 Å². The molecule has 0 saturated carbocycles. The molecular formula is C16H18N6O3S4. The molecule has 1 amide bonds. The van der Waals surface area contributed by atoms with Crippen LogP contribution < -0.4 is 10.0 Å². The SMILES string of the molecule is Cc1ccccc1C(=O)Nc1nnc(S(=O)(=O)Nc2nnc(SCC(C)C)s2)s1. The molecule has 154 valence electrons. The number of hydrogen-bond acceptors (Lipinski definition) is 10. The lowest BCUT2D eigenvalue weighted by Gasteiger charge is -2.04. The quantitative estimate of drug-likeness (QED) is 0.378. The number of carbonyl (C=O) groups is 1. The second-order valence-electron chi connectivity index (χ2n) is 6.33. The maximum absolute atomic E-state index is 12.5. The van der Waals surface area contributed by atoms with E-state index in [9.17, 15) is 13.2 Å². The van der Waals surface area contributed by atoms with Crippen molar-refractivity contribution in [3.63, 3.8) is 0 Å². The molecule has 9 nitrogen and oxygen atoms in total. The lowest BCUT2D eigenvalue weighted by atomic mass is 10.1. The van der Waals surface area contributed by atoms with Gasteiger partial charge in [-0.25, -0.2) is 0 Å². The smallest absolute Gasteiger partial charge is 0.293 e. The summed E-state index contributed by atoms with van der Waals surface area (Å²) in [5.74, 6) is 0.965. The number of nitrogens with one attached hydrogen (secondary N) is 2. The molecule has 0 bridgehead atoms. The summed E-state index contributed by atoms with van der Waals surface area (Å²) >= 11 is 3.42. The molecule has 0 aliphatic rings. The Labute approximate surface area is 180 Å². The van der Waals surface area contributed by atoms with Crippen LogP contribution in [0.3, 0.4) is 0 Å². The highest BCUT2D eigenvalue weighted by Gasteiger charge is 2.23. The van der Waals surface area contributed by atoms with Crippen LogP contribution in [-0.4, -0.2) is 40.5 Å². The average Bonchev–Trinajstić information content (AvgIpc) is 3.30. The van der Waals surface area contributed by atoms with Gasteiger partial charge in [-0.05, 0) is 24.5 Å². The third kappa shape index (κ3) is 5.72. The topological polar surface area (TPSA) is 127 Å². The largest absolute Gasteiger partial charge is 0.296 e. The Morgan fingerprint density at radius 3 is 2.55 bits per heavy atom. The summed E-state index contributed by atoms with van der Waals surface area (Å²) in [5.41, 5.74) is 1.27. The third-order valence-corrected chi connectivity index (χ3v) is 8.49. The Hall–Kier alpha value is -2.09. The van der Waals surface area contributed by atoms with E-state index < -0.39 is 10.0 Å². The van der Waals surface area contributed by atoms with E-state index in [-0.39, 0.29) is 20.5 Å². The molecule has 0 unspecified atom stereocenters. The van der Waals surface area contributed by atoms with Gasteiger partial charge in [0.05, 0.1) is 0 Å². The van der Waals surface area contributed by atoms with Crippen molar-refractivity contribution in [1.82, 2.24) is 20.4 Å². The lowest BCUT2D eigenvalue weighted by molar-refractivity contribution is 0.102. The first-order chi connectivity index (χ1) is 13.7. The summed E-state index contributed by atoms with van der Waals surface area (Å²) in [6, 6.07) is 7.06. The van der Waals surface area contributed by atoms with E-state index in [4.69, 9.17) is 0 Å². The number of sulfonamides is 1. The maximum atomic E-state index is 12.5. The van der Waals surface area contributed by atoms with Gasteiger partial charge < -0.3 is 0 Å². The van der Waals surface area contributed by atoms with Crippen LogP contribution in [-0.2, 0) is 10.0 Å². The molecule has 3 rings (SSSR count). The number of benzene rings is 1. The first kappa shape index (κ1) is 21.6. The molecule has 0 atom stereocenters. The van der Waals surface area contributed by atoms with E-state index in [0.29, 0.717) is 15.8 Å². The number of hydrogen-bond donors (Lipinski definition) is 2. The Bertz CT molecular complexity index is 1110. The Kier molecular flexibility index (Phi) is 6.82. The molecule has 0 aliphatic carbocycles. The third-order valence-electron chi connectivity index (χ3n) is 3.41. The van der Waals surface area contributed by atoms with Crippen molar-refractivity contribution in [2.45, 2.75) is 29.5 Å². The molecule has 29 heavy (non-hydrogen) atoms. The minimum absolute atomic E-state index is 0.0871. The molecule has 0 aliphatic heterocycles. The van der Waals surface area contributed by atoms with Crippen LogP contribution in [0.15, 0.2) is 32.9 Å². The Balaban J connectivity index is 1.67. The van der Waals surface area contributed by atoms with E-state index in [1.54, 1.807) is 12.1 Å². The van der Waals surface area contributed by atoms with Gasteiger partial charge in [-0.3, -0.25) is 14.8 Å². The highest BCUT2D eigenvalue weighted by atomic mass is 32.2. The first-order valence-corrected chi connectivity index (χ1v) is 12.5. The summed E-state index contributed by atoms with van der Waals surface area (Å²) in [4.78, 5) is 12.3. The van der Waals surface area contributed by atoms with Gasteiger partial charge in [0.15, 0.2) is 4.34 Å². The zero-order valence-corrected chi connectivity index (χ0v) is 19.0. The molecule has 0 radical (unpaired) electrons. The average molecular weight is 471 g/mol. The van der Waals surface area contributed by atoms with Crippen molar-refractivity contribution >= 4 is 60.6 Å². The fraction of sp³-hybridized carbons (Fsp3) is 0.312. The first-order valence-electron chi connectivity index (χ1n) is 8.44. The van der Waals surface area contributed by atoms with Crippen molar-refractivity contribution in [3.8, 4) is 0 Å². The van der Waals surface area contributed by atoms with Gasteiger partial charge in [-0.2, -0.15) is 8.42 Å². The standard InChI is InChI=1S/C16H18N6O3S4/c1-9(2)8-26-15-20-19-14(27-15)22-29(24,25)16-21-18-13(28-16)17-12(23)11-7-5-4-6-10(11)3/h4-7,9H,8H2,1-3H3,(H,19,22)(H,17,18,23). The van der Waals surface area contributed by atoms with Gasteiger partial charge >= 0.3 is 0 Å². The van der Waals surface area contributed by atoms with Crippen LogP contribution in [0.5, 0.6) is 0 Å². The molecule has 1 aromatic carbocycles. The fourth-order valence-corrected chi connectivity index (χ4v) is 5.92. The second-order valence-corrected chi connectivity index (χ2v) is 11.4. The number of rotatable bonds is 8. The predicted molar refractivity (Wildman–Crippen MR) is 115 cm³/mol. The van der Waals surface area contributed by atoms with Crippen molar-refractivity contribution < 1.29 is 13.2 Å². The molecule has 2 heterocycles. The van der Waals surface area contributed by atoms with Gasteiger partial charge in [-0.15, -0.1) is 20.4 Å². The van der Waals surface area contributed by atoms with E-state index in [2.05, 4.69) is 44.3 Å². The van der Waals surface area contributed by atoms with Crippen LogP contribution in [0.4, 0.5) is 10.3 Å². The van der Waals surface area contributed by atoms with Crippen LogP contribution in [0.2, 0.25) is 0 Å². The van der Waals surface area contributed by atoms with Crippen molar-refractivity contribution in [2.75, 3.05) is 15.8 Å². The Morgan fingerprint density at radius 2 is 1.83 bits per heavy atom. The van der Waals surface area contributed by atoms with Crippen LogP contribution in [0.25, 0.3) is 0 Å². The van der Waals surface area contributed by atoms with E-state index in [1.165, 1.54) is 11.8 Å². The lowest BCUT2D eigenvalue weighted by Crippen LogP contribution is -2.13. The minimum atomic E-state index is -3.98. The number of carbonyl (C=O) groups excluding carboxylic acids is 1. The summed E-state index contributed by atoms with van der Waals surface area (Å²) in [6.07, 6.45) is 0. The molecule has 2 aromatic heterocycles. The van der Waals surface area contributed by atoms with Gasteiger partial charge in [0.2, 0.25) is 10.3 Å². The predicted octanol–water partition coefficient (Wildman–Crippen LogP) is 3.50. The molecule has 3 aromatic rings. The highest BCUT2D eigenvalue weighted by Crippen LogP contribution is 2.29. The fourth-order valence-electron chi connectivity index (χ4n) is 2.07. The van der Waals surface area contributed by atoms with Crippen molar-refractivity contribution in [2.24, 2.45) is 5.92 Å². The van der Waals surface area contributed by atoms with Crippen LogP contribution in [0, 0.1) is 12.8 Å². The van der Waals surface area contributed by atoms with E-state index >= 15 is 0 Å². The van der Waals surface area contributed by atoms with Gasteiger partial charge in [-0.1, -0.05) is 66.5 Å². The normalized spacial score (nSPS) is 11.6. The van der Waals surface area contributed by atoms with Crippen molar-refractivity contribution in [3.05, 3.63) is 35.4 Å². The van der Waals surface area contributed by atoms with Crippen molar-refractivity contribution in [1.29, 1.82) is 0 Å². The number of aryl methyl sites for hydroxylation is 1. The number of nitrogens with zero attached hydrogens (tertiary/aromatic N) is 4. The highest BCUT2D eigenvalue weighted by molar-refractivity contribution is 8.01. The molecule has 0 saturated heterocycles. The van der Waals surface area contributed by atoms with E-state index in [1.807, 2.05) is 19.1 Å².